The number of benzene rings is 1. The van der Waals surface area contributed by atoms with Crippen molar-refractivity contribution in [3.05, 3.63) is 47.5 Å². The molecule has 1 radical (unpaired) electrons. The monoisotopic (exact) mass is 626 g/mol. The first-order valence-corrected chi connectivity index (χ1v) is 18.2. The number of nitrogens with zero attached hydrogens (tertiary/aromatic N) is 6. The second-order valence-corrected chi connectivity index (χ2v) is 18.3. The molecule has 2 atom stereocenters. The number of hydrogen-bond donors (Lipinski definition) is 1. The van der Waals surface area contributed by atoms with Crippen LogP contribution in [0.15, 0.2) is 30.6 Å². The number of ether oxygens (including phenoxy) is 2. The quantitative estimate of drug-likeness (QED) is 0.219. The molecule has 0 saturated carbocycles. The first kappa shape index (κ1) is 32.5. The highest BCUT2D eigenvalue weighted by molar-refractivity contribution is 6.74. The lowest BCUT2D eigenvalue weighted by atomic mass is 9.83. The zero-order valence-corrected chi connectivity index (χ0v) is 28.2. The predicted octanol–water partition coefficient (Wildman–Crippen LogP) is 5.32. The molecule has 235 valence electrons. The van der Waals surface area contributed by atoms with Gasteiger partial charge in [0.25, 0.3) is 0 Å². The Balaban J connectivity index is 1.46. The van der Waals surface area contributed by atoms with E-state index in [1.165, 1.54) is 7.41 Å². The molecule has 11 nitrogen and oxygen atoms in total. The number of nitrogens with one attached hydrogen (secondary N) is 1. The van der Waals surface area contributed by atoms with Gasteiger partial charge in [0.2, 0.25) is 11.8 Å². The lowest BCUT2D eigenvalue weighted by Gasteiger charge is -2.39. The van der Waals surface area contributed by atoms with Crippen LogP contribution in [0.25, 0.3) is 11.3 Å². The molecule has 0 amide bonds. The van der Waals surface area contributed by atoms with Gasteiger partial charge in [0.15, 0.2) is 8.32 Å². The molecular formula is C32H41BN7O4Si. The smallest absolute Gasteiger partial charge is 0.329 e. The van der Waals surface area contributed by atoms with Gasteiger partial charge in [0, 0.05) is 42.6 Å². The van der Waals surface area contributed by atoms with Crippen molar-refractivity contribution in [2.75, 3.05) is 36.5 Å². The van der Waals surface area contributed by atoms with Crippen LogP contribution in [-0.2, 0) is 19.4 Å². The SMILES string of the molecule is Cc1ncc(Nc2nccc(-c3cc(C#N)c4c(c3)[C@@](C)(CO[Si](C)(C)C(C)(C)C)CN4[B]C=O)n2)c(OCC2CCCO2)n1. The molecule has 2 aliphatic heterocycles. The van der Waals surface area contributed by atoms with Gasteiger partial charge >= 0.3 is 7.41 Å². The summed E-state index contributed by atoms with van der Waals surface area (Å²) in [6, 6.07) is 8.02. The minimum atomic E-state index is -2.07. The number of nitriles is 1. The van der Waals surface area contributed by atoms with Crippen LogP contribution in [0.2, 0.25) is 18.1 Å². The van der Waals surface area contributed by atoms with Crippen molar-refractivity contribution >= 4 is 39.2 Å². The van der Waals surface area contributed by atoms with Gasteiger partial charge in [-0.05, 0) is 61.7 Å². The summed E-state index contributed by atoms with van der Waals surface area (Å²) in [7, 11) is -0.575. The molecule has 1 fully saturated rings. The van der Waals surface area contributed by atoms with Crippen molar-refractivity contribution in [2.45, 2.75) is 77.1 Å². The third-order valence-electron chi connectivity index (χ3n) is 8.99. The summed E-state index contributed by atoms with van der Waals surface area (Å²) in [4.78, 5) is 31.5. The Morgan fingerprint density at radius 1 is 1.29 bits per heavy atom. The van der Waals surface area contributed by atoms with Crippen LogP contribution in [0.5, 0.6) is 5.88 Å². The fraction of sp³-hybridized carbons (Fsp3) is 0.500. The van der Waals surface area contributed by atoms with E-state index in [1.807, 2.05) is 16.9 Å². The number of hydrogen-bond acceptors (Lipinski definition) is 11. The normalized spacial score (nSPS) is 19.6. The highest BCUT2D eigenvalue weighted by Crippen LogP contribution is 2.46. The maximum Gasteiger partial charge on any atom is 0.329 e. The van der Waals surface area contributed by atoms with Crippen LogP contribution in [0.3, 0.4) is 0 Å². The van der Waals surface area contributed by atoms with Crippen molar-refractivity contribution in [2.24, 2.45) is 0 Å². The Morgan fingerprint density at radius 3 is 2.78 bits per heavy atom. The van der Waals surface area contributed by atoms with Crippen molar-refractivity contribution < 1.29 is 18.7 Å². The molecule has 2 aliphatic rings. The number of aryl methyl sites for hydroxylation is 1. The maximum atomic E-state index is 11.6. The van der Waals surface area contributed by atoms with Gasteiger partial charge in [0.05, 0.1) is 23.6 Å². The molecular weight excluding hydrogens is 585 g/mol. The molecule has 5 rings (SSSR count). The van der Waals surface area contributed by atoms with Crippen molar-refractivity contribution in [3.63, 3.8) is 0 Å². The largest absolute Gasteiger partial charge is 0.473 e. The summed E-state index contributed by atoms with van der Waals surface area (Å²) in [5.41, 5.74) is 3.60. The van der Waals surface area contributed by atoms with Crippen LogP contribution in [0.1, 0.15) is 57.5 Å². The lowest BCUT2D eigenvalue weighted by Crippen LogP contribution is -2.46. The summed E-state index contributed by atoms with van der Waals surface area (Å²) in [6.07, 6.45) is 6.09. The first-order valence-electron chi connectivity index (χ1n) is 15.3. The molecule has 45 heavy (non-hydrogen) atoms. The van der Waals surface area contributed by atoms with E-state index in [1.54, 1.807) is 19.3 Å². The van der Waals surface area contributed by atoms with E-state index in [9.17, 15) is 10.1 Å². The van der Waals surface area contributed by atoms with Crippen molar-refractivity contribution in [3.8, 4) is 23.2 Å². The molecule has 3 aromatic rings. The zero-order valence-electron chi connectivity index (χ0n) is 27.2. The minimum absolute atomic E-state index is 0.0415. The fourth-order valence-electron chi connectivity index (χ4n) is 5.35. The Labute approximate surface area is 267 Å². The summed E-state index contributed by atoms with van der Waals surface area (Å²) in [5, 5.41) is 13.5. The van der Waals surface area contributed by atoms with Crippen LogP contribution < -0.4 is 14.9 Å². The molecule has 1 aromatic carbocycles. The van der Waals surface area contributed by atoms with E-state index in [0.717, 1.165) is 42.4 Å². The number of aromatic nitrogens is 4. The van der Waals surface area contributed by atoms with Gasteiger partial charge in [-0.15, -0.1) is 0 Å². The van der Waals surface area contributed by atoms with E-state index >= 15 is 0 Å². The van der Waals surface area contributed by atoms with Gasteiger partial charge in [-0.3, -0.25) is 0 Å². The van der Waals surface area contributed by atoms with Crippen LogP contribution in [0, 0.1) is 18.3 Å². The first-order chi connectivity index (χ1) is 21.3. The third-order valence-corrected chi connectivity index (χ3v) is 13.5. The average molecular weight is 627 g/mol. The number of rotatable bonds is 11. The standard InChI is InChI=1S/C32H41BN7O4Si/c1-21-36-16-27(29(37-21)43-17-24-9-8-12-42-24)39-30-35-11-10-26(38-30)22-13-23(15-34)28-25(14-22)32(5,18-40(28)33-20-41)19-44-45(6,7)31(2,3)4/h10-11,13-14,16,20,24H,8-9,12,17-19H2,1-7H3,(H,35,38,39)/t24?,32-/m1/s1. The fourth-order valence-corrected chi connectivity index (χ4v) is 6.46. The van der Waals surface area contributed by atoms with Crippen LogP contribution in [0.4, 0.5) is 17.3 Å². The van der Waals surface area contributed by atoms with Crippen molar-refractivity contribution in [1.29, 1.82) is 5.26 Å². The van der Waals surface area contributed by atoms with Crippen LogP contribution >= 0.6 is 0 Å². The van der Waals surface area contributed by atoms with E-state index in [0.29, 0.717) is 54.4 Å². The molecule has 0 spiro atoms. The molecule has 1 unspecified atom stereocenters. The predicted molar refractivity (Wildman–Crippen MR) is 177 cm³/mol. The molecule has 4 heterocycles. The highest BCUT2D eigenvalue weighted by Gasteiger charge is 2.44. The lowest BCUT2D eigenvalue weighted by molar-refractivity contribution is 0.0665. The molecule has 0 bridgehead atoms. The zero-order chi connectivity index (χ0) is 32.4. The van der Waals surface area contributed by atoms with Gasteiger partial charge in [0.1, 0.15) is 30.4 Å². The minimum Gasteiger partial charge on any atom is -0.473 e. The highest BCUT2D eigenvalue weighted by atomic mass is 28.4. The van der Waals surface area contributed by atoms with Gasteiger partial charge in [-0.1, -0.05) is 27.7 Å². The maximum absolute atomic E-state index is 11.6. The Morgan fingerprint density at radius 2 is 2.09 bits per heavy atom. The summed E-state index contributed by atoms with van der Waals surface area (Å²) < 4.78 is 18.4. The van der Waals surface area contributed by atoms with E-state index < -0.39 is 13.7 Å². The number of carbonyl (C=O) groups is 1. The second-order valence-electron chi connectivity index (χ2n) is 13.5. The summed E-state index contributed by atoms with van der Waals surface area (Å²) in [6.45, 7) is 17.2. The average Bonchev–Trinajstić information content (AvgIpc) is 3.62. The Hall–Kier alpha value is -3.86. The van der Waals surface area contributed by atoms with E-state index in [4.69, 9.17) is 18.9 Å². The third kappa shape index (κ3) is 7.03. The molecule has 13 heteroatoms. The molecule has 1 saturated heterocycles. The number of carbonyl (C=O) groups excluding carboxylic acids is 1. The van der Waals surface area contributed by atoms with Crippen molar-refractivity contribution in [1.82, 2.24) is 19.9 Å². The number of fused-ring (bicyclic) bond motifs is 1. The summed E-state index contributed by atoms with van der Waals surface area (Å²) >= 11 is 0. The number of anilines is 3. The molecule has 1 N–H and O–H groups in total. The van der Waals surface area contributed by atoms with Gasteiger partial charge < -0.3 is 28.8 Å². The van der Waals surface area contributed by atoms with Crippen LogP contribution in [-0.4, -0.2) is 74.3 Å². The topological polar surface area (TPSA) is 135 Å². The Kier molecular flexibility index (Phi) is 9.30. The second kappa shape index (κ2) is 12.9. The Bertz CT molecular complexity index is 1600. The van der Waals surface area contributed by atoms with Gasteiger partial charge in [-0.25, -0.2) is 15.0 Å². The van der Waals surface area contributed by atoms with E-state index in [-0.39, 0.29) is 11.1 Å². The molecule has 2 aromatic heterocycles. The summed E-state index contributed by atoms with van der Waals surface area (Å²) in [5.74, 6) is 1.32. The van der Waals surface area contributed by atoms with Gasteiger partial charge in [-0.2, -0.15) is 10.2 Å². The molecule has 0 aliphatic carbocycles. The van der Waals surface area contributed by atoms with E-state index in [2.05, 4.69) is 73.2 Å².